The Balaban J connectivity index is 2.11. The van der Waals surface area contributed by atoms with Gasteiger partial charge in [0.2, 0.25) is 0 Å². The van der Waals surface area contributed by atoms with Crippen molar-refractivity contribution in [2.24, 2.45) is 5.41 Å². The van der Waals surface area contributed by atoms with E-state index in [0.29, 0.717) is 17.7 Å². The average Bonchev–Trinajstić information content (AvgIpc) is 2.37. The van der Waals surface area contributed by atoms with E-state index in [1.807, 2.05) is 13.8 Å². The number of carbonyl (C=O) groups excluding carboxylic acids is 1. The van der Waals surface area contributed by atoms with Crippen LogP contribution in [0.5, 0.6) is 0 Å². The summed E-state index contributed by atoms with van der Waals surface area (Å²) >= 11 is 0. The van der Waals surface area contributed by atoms with E-state index in [-0.39, 0.29) is 23.5 Å². The Morgan fingerprint density at radius 1 is 1.53 bits per heavy atom. The molecule has 2 N–H and O–H groups in total. The number of pyridine rings is 1. The summed E-state index contributed by atoms with van der Waals surface area (Å²) in [6.07, 6.45) is 0.437. The zero-order chi connectivity index (χ0) is 14.2. The van der Waals surface area contributed by atoms with E-state index >= 15 is 0 Å². The number of hydrogen-bond donors (Lipinski definition) is 2. The minimum atomic E-state index is -0.379. The van der Waals surface area contributed by atoms with Crippen LogP contribution < -0.4 is 5.32 Å². The highest BCUT2D eigenvalue weighted by Gasteiger charge is 2.47. The summed E-state index contributed by atoms with van der Waals surface area (Å²) in [7, 11) is 1.35. The monoisotopic (exact) mass is 264 g/mol. The van der Waals surface area contributed by atoms with Gasteiger partial charge in [-0.05, 0) is 25.5 Å². The first-order valence-corrected chi connectivity index (χ1v) is 6.37. The number of ether oxygens (including phenoxy) is 1. The Bertz CT molecular complexity index is 499. The molecule has 1 aromatic heterocycles. The second-order valence-corrected chi connectivity index (χ2v) is 5.59. The van der Waals surface area contributed by atoms with Crippen molar-refractivity contribution in [3.63, 3.8) is 0 Å². The highest BCUT2D eigenvalue weighted by atomic mass is 16.5. The second-order valence-electron chi connectivity index (χ2n) is 5.59. The quantitative estimate of drug-likeness (QED) is 0.814. The molecule has 19 heavy (non-hydrogen) atoms. The number of methoxy groups -OCH3 is 1. The number of aliphatic hydroxyl groups excluding tert-OH is 1. The van der Waals surface area contributed by atoms with E-state index in [9.17, 15) is 9.90 Å². The Hall–Kier alpha value is -1.62. The van der Waals surface area contributed by atoms with Gasteiger partial charge in [0.15, 0.2) is 0 Å². The molecule has 0 amide bonds. The molecule has 5 heteroatoms. The number of esters is 1. The van der Waals surface area contributed by atoms with Gasteiger partial charge in [0.25, 0.3) is 0 Å². The molecule has 2 rings (SSSR count). The lowest BCUT2D eigenvalue weighted by Crippen LogP contribution is -2.57. The maximum Gasteiger partial charge on any atom is 0.339 e. The maximum atomic E-state index is 11.5. The van der Waals surface area contributed by atoms with E-state index in [1.54, 1.807) is 19.1 Å². The number of anilines is 1. The fourth-order valence-electron chi connectivity index (χ4n) is 2.29. The van der Waals surface area contributed by atoms with Crippen molar-refractivity contribution < 1.29 is 14.6 Å². The van der Waals surface area contributed by atoms with Crippen molar-refractivity contribution in [2.75, 3.05) is 12.4 Å². The van der Waals surface area contributed by atoms with Gasteiger partial charge in [-0.2, -0.15) is 0 Å². The average molecular weight is 264 g/mol. The predicted octanol–water partition coefficient (Wildman–Crippen LogP) is 1.75. The van der Waals surface area contributed by atoms with Crippen LogP contribution in [0.4, 0.5) is 5.82 Å². The summed E-state index contributed by atoms with van der Waals surface area (Å²) in [5, 5.41) is 13.0. The third-order valence-corrected chi connectivity index (χ3v) is 4.03. The Labute approximate surface area is 113 Å². The Morgan fingerprint density at radius 2 is 2.21 bits per heavy atom. The normalized spacial score (nSPS) is 24.5. The lowest BCUT2D eigenvalue weighted by molar-refractivity contribution is -0.0511. The molecular weight excluding hydrogens is 244 g/mol. The van der Waals surface area contributed by atoms with Crippen LogP contribution in [0.2, 0.25) is 0 Å². The predicted molar refractivity (Wildman–Crippen MR) is 72.1 cm³/mol. The lowest BCUT2D eigenvalue weighted by Gasteiger charge is -2.49. The van der Waals surface area contributed by atoms with Crippen molar-refractivity contribution >= 4 is 11.8 Å². The molecule has 2 unspecified atom stereocenters. The van der Waals surface area contributed by atoms with Crippen LogP contribution in [-0.2, 0) is 4.74 Å². The number of nitrogens with one attached hydrogen (secondary N) is 1. The molecule has 0 spiro atoms. The fraction of sp³-hybridized carbons (Fsp3) is 0.571. The van der Waals surface area contributed by atoms with Crippen molar-refractivity contribution in [2.45, 2.75) is 39.3 Å². The third-order valence-electron chi connectivity index (χ3n) is 4.03. The number of rotatable bonds is 3. The van der Waals surface area contributed by atoms with Gasteiger partial charge in [0.05, 0.1) is 24.5 Å². The molecule has 1 aliphatic carbocycles. The molecule has 2 atom stereocenters. The molecule has 1 saturated carbocycles. The first kappa shape index (κ1) is 13.8. The summed E-state index contributed by atoms with van der Waals surface area (Å²) in [6, 6.07) is 3.66. The number of aryl methyl sites for hydroxylation is 1. The van der Waals surface area contributed by atoms with Crippen LogP contribution in [0.15, 0.2) is 12.1 Å². The molecule has 1 aromatic rings. The van der Waals surface area contributed by atoms with Gasteiger partial charge in [-0.1, -0.05) is 13.8 Å². The largest absolute Gasteiger partial charge is 0.465 e. The van der Waals surface area contributed by atoms with Crippen LogP contribution in [0.1, 0.15) is 36.3 Å². The van der Waals surface area contributed by atoms with E-state index in [4.69, 9.17) is 0 Å². The molecule has 1 aliphatic rings. The first-order chi connectivity index (χ1) is 8.86. The molecule has 1 heterocycles. The number of aliphatic hydroxyl groups is 1. The zero-order valence-corrected chi connectivity index (χ0v) is 11.7. The molecule has 1 fully saturated rings. The standard InChI is InChI=1S/C14H20N2O3/c1-8-9(13(18)19-4)5-6-12(15-8)16-10-7-11(17)14(10,2)3/h5-6,10-11,17H,7H2,1-4H3,(H,15,16). The fourth-order valence-corrected chi connectivity index (χ4v) is 2.29. The van der Waals surface area contributed by atoms with Gasteiger partial charge in [-0.3, -0.25) is 0 Å². The van der Waals surface area contributed by atoms with E-state index < -0.39 is 0 Å². The topological polar surface area (TPSA) is 71.5 Å². The van der Waals surface area contributed by atoms with E-state index in [1.165, 1.54) is 7.11 Å². The van der Waals surface area contributed by atoms with Gasteiger partial charge >= 0.3 is 5.97 Å². The highest BCUT2D eigenvalue weighted by molar-refractivity contribution is 5.90. The third kappa shape index (κ3) is 2.42. The molecule has 0 aliphatic heterocycles. The van der Waals surface area contributed by atoms with Gasteiger partial charge in [0, 0.05) is 11.5 Å². The molecule has 104 valence electrons. The number of aromatic nitrogens is 1. The van der Waals surface area contributed by atoms with Crippen LogP contribution >= 0.6 is 0 Å². The minimum absolute atomic E-state index is 0.156. The molecule has 0 bridgehead atoms. The molecule has 0 aromatic carbocycles. The number of carbonyl (C=O) groups is 1. The van der Waals surface area contributed by atoms with Crippen LogP contribution in [0.3, 0.4) is 0 Å². The van der Waals surface area contributed by atoms with Crippen molar-refractivity contribution in [1.82, 2.24) is 4.98 Å². The van der Waals surface area contributed by atoms with Gasteiger partial charge < -0.3 is 15.2 Å². The molecule has 0 saturated heterocycles. The first-order valence-electron chi connectivity index (χ1n) is 6.37. The van der Waals surface area contributed by atoms with Gasteiger partial charge in [0.1, 0.15) is 5.82 Å². The summed E-state index contributed by atoms with van der Waals surface area (Å²) in [4.78, 5) is 15.8. The van der Waals surface area contributed by atoms with Crippen LogP contribution in [0.25, 0.3) is 0 Å². The van der Waals surface area contributed by atoms with Crippen molar-refractivity contribution in [3.05, 3.63) is 23.4 Å². The number of hydrogen-bond acceptors (Lipinski definition) is 5. The summed E-state index contributed by atoms with van der Waals surface area (Å²) < 4.78 is 4.69. The van der Waals surface area contributed by atoms with Gasteiger partial charge in [-0.25, -0.2) is 9.78 Å². The van der Waals surface area contributed by atoms with Crippen LogP contribution in [0, 0.1) is 12.3 Å². The Kier molecular flexibility index (Phi) is 3.49. The number of nitrogens with zero attached hydrogens (tertiary/aromatic N) is 1. The van der Waals surface area contributed by atoms with Crippen molar-refractivity contribution in [3.8, 4) is 0 Å². The maximum absolute atomic E-state index is 11.5. The summed E-state index contributed by atoms with van der Waals surface area (Å²) in [5.74, 6) is 0.339. The molecular formula is C14H20N2O3. The summed E-state index contributed by atoms with van der Waals surface area (Å²) in [6.45, 7) is 5.82. The van der Waals surface area contributed by atoms with E-state index in [0.717, 1.165) is 5.82 Å². The summed E-state index contributed by atoms with van der Waals surface area (Å²) in [5.41, 5.74) is 0.951. The Morgan fingerprint density at radius 3 is 2.68 bits per heavy atom. The second kappa shape index (κ2) is 4.81. The minimum Gasteiger partial charge on any atom is -0.465 e. The SMILES string of the molecule is COC(=O)c1ccc(NC2CC(O)C2(C)C)nc1C. The lowest BCUT2D eigenvalue weighted by atomic mass is 9.64. The molecule has 5 nitrogen and oxygen atoms in total. The van der Waals surface area contributed by atoms with Crippen LogP contribution in [-0.4, -0.2) is 35.3 Å². The molecule has 0 radical (unpaired) electrons. The van der Waals surface area contributed by atoms with Gasteiger partial charge in [-0.15, -0.1) is 0 Å². The zero-order valence-electron chi connectivity index (χ0n) is 11.7. The smallest absolute Gasteiger partial charge is 0.339 e. The highest BCUT2D eigenvalue weighted by Crippen LogP contribution is 2.42. The van der Waals surface area contributed by atoms with Crippen molar-refractivity contribution in [1.29, 1.82) is 0 Å². The van der Waals surface area contributed by atoms with E-state index in [2.05, 4.69) is 15.0 Å².